The molecule has 0 heterocycles. The van der Waals surface area contributed by atoms with Gasteiger partial charge < -0.3 is 10.6 Å². The molecule has 3 rings (SSSR count). The van der Waals surface area contributed by atoms with Gasteiger partial charge >= 0.3 is 0 Å². The van der Waals surface area contributed by atoms with Crippen LogP contribution < -0.4 is 10.6 Å². The summed E-state index contributed by atoms with van der Waals surface area (Å²) in [6.07, 6.45) is 0.527. The smallest absolute Gasteiger partial charge is 0.228 e. The molecule has 2 aromatic rings. The molecule has 0 spiro atoms. The maximum absolute atomic E-state index is 13.6. The molecule has 136 valence electrons. The molecule has 0 bridgehead atoms. The molecule has 2 amide bonds. The SMILES string of the molecule is Cc1cc(C)c(NC(=O)C2CC2C(=O)NCc2ccccc2F)c(C)c1. The molecule has 1 aliphatic rings. The fraction of sp³-hybridized carbons (Fsp3) is 0.333. The van der Waals surface area contributed by atoms with Gasteiger partial charge in [0.25, 0.3) is 0 Å². The van der Waals surface area contributed by atoms with E-state index in [2.05, 4.69) is 10.6 Å². The second-order valence-electron chi connectivity index (χ2n) is 7.02. The number of halogens is 1. The van der Waals surface area contributed by atoms with Gasteiger partial charge in [0.05, 0.1) is 11.8 Å². The van der Waals surface area contributed by atoms with Crippen LogP contribution in [0.4, 0.5) is 10.1 Å². The summed E-state index contributed by atoms with van der Waals surface area (Å²) in [4.78, 5) is 24.7. The van der Waals surface area contributed by atoms with Gasteiger partial charge in [-0.15, -0.1) is 0 Å². The zero-order valence-electron chi connectivity index (χ0n) is 15.2. The standard InChI is InChI=1S/C21H23FN2O2/c1-12-8-13(2)19(14(3)9-12)24-21(26)17-10-16(17)20(25)23-11-15-6-4-5-7-18(15)22/h4-9,16-17H,10-11H2,1-3H3,(H,23,25)(H,24,26). The van der Waals surface area contributed by atoms with Crippen molar-refractivity contribution in [1.29, 1.82) is 0 Å². The first-order valence-corrected chi connectivity index (χ1v) is 8.76. The minimum atomic E-state index is -0.344. The molecular formula is C21H23FN2O2. The molecule has 2 N–H and O–H groups in total. The van der Waals surface area contributed by atoms with Crippen molar-refractivity contribution in [3.05, 3.63) is 64.5 Å². The van der Waals surface area contributed by atoms with Gasteiger partial charge in [-0.2, -0.15) is 0 Å². The molecule has 2 unspecified atom stereocenters. The van der Waals surface area contributed by atoms with Crippen molar-refractivity contribution in [2.75, 3.05) is 5.32 Å². The van der Waals surface area contributed by atoms with E-state index in [1.54, 1.807) is 18.2 Å². The molecular weight excluding hydrogens is 331 g/mol. The largest absolute Gasteiger partial charge is 0.352 e. The van der Waals surface area contributed by atoms with E-state index in [0.29, 0.717) is 12.0 Å². The Morgan fingerprint density at radius 1 is 1.04 bits per heavy atom. The Balaban J connectivity index is 1.56. The third kappa shape index (κ3) is 3.93. The Kier molecular flexibility index (Phi) is 5.07. The highest BCUT2D eigenvalue weighted by Crippen LogP contribution is 2.40. The van der Waals surface area contributed by atoms with Crippen molar-refractivity contribution in [3.8, 4) is 0 Å². The number of hydrogen-bond donors (Lipinski definition) is 2. The summed E-state index contributed by atoms with van der Waals surface area (Å²) in [7, 11) is 0. The molecule has 0 radical (unpaired) electrons. The Labute approximate surface area is 152 Å². The monoisotopic (exact) mass is 354 g/mol. The van der Waals surface area contributed by atoms with E-state index >= 15 is 0 Å². The molecule has 26 heavy (non-hydrogen) atoms. The predicted molar refractivity (Wildman–Crippen MR) is 99.1 cm³/mol. The van der Waals surface area contributed by atoms with E-state index in [0.717, 1.165) is 22.4 Å². The second-order valence-corrected chi connectivity index (χ2v) is 7.02. The van der Waals surface area contributed by atoms with Gasteiger partial charge in [-0.1, -0.05) is 35.9 Å². The molecule has 0 saturated heterocycles. The van der Waals surface area contributed by atoms with E-state index in [1.165, 1.54) is 6.07 Å². The van der Waals surface area contributed by atoms with Crippen molar-refractivity contribution in [1.82, 2.24) is 5.32 Å². The van der Waals surface area contributed by atoms with E-state index in [1.807, 2.05) is 32.9 Å². The number of carbonyl (C=O) groups excluding carboxylic acids is 2. The van der Waals surface area contributed by atoms with E-state index < -0.39 is 0 Å². The fourth-order valence-corrected chi connectivity index (χ4v) is 3.32. The molecule has 2 atom stereocenters. The van der Waals surface area contributed by atoms with E-state index in [4.69, 9.17) is 0 Å². The van der Waals surface area contributed by atoms with Gasteiger partial charge in [-0.3, -0.25) is 9.59 Å². The van der Waals surface area contributed by atoms with Crippen LogP contribution in [0.25, 0.3) is 0 Å². The molecule has 0 aliphatic heterocycles. The summed E-state index contributed by atoms with van der Waals surface area (Å²) in [5, 5.41) is 5.68. The van der Waals surface area contributed by atoms with Crippen LogP contribution in [-0.2, 0) is 16.1 Å². The third-order valence-electron chi connectivity index (χ3n) is 4.80. The number of anilines is 1. The Hall–Kier alpha value is -2.69. The highest BCUT2D eigenvalue weighted by atomic mass is 19.1. The normalized spacial score (nSPS) is 18.3. The van der Waals surface area contributed by atoms with Crippen molar-refractivity contribution in [2.24, 2.45) is 11.8 Å². The summed E-state index contributed by atoms with van der Waals surface area (Å²) in [6, 6.07) is 10.4. The van der Waals surface area contributed by atoms with Crippen molar-refractivity contribution in [2.45, 2.75) is 33.7 Å². The highest BCUT2D eigenvalue weighted by Gasteiger charge is 2.48. The zero-order chi connectivity index (χ0) is 18.8. The van der Waals surface area contributed by atoms with Crippen molar-refractivity contribution in [3.63, 3.8) is 0 Å². The van der Waals surface area contributed by atoms with Crippen LogP contribution in [-0.4, -0.2) is 11.8 Å². The first-order valence-electron chi connectivity index (χ1n) is 8.76. The average molecular weight is 354 g/mol. The quantitative estimate of drug-likeness (QED) is 0.861. The lowest BCUT2D eigenvalue weighted by Gasteiger charge is -2.13. The summed E-state index contributed by atoms with van der Waals surface area (Å²) < 4.78 is 13.6. The number of rotatable bonds is 5. The summed E-state index contributed by atoms with van der Waals surface area (Å²) >= 11 is 0. The Morgan fingerprint density at radius 2 is 1.65 bits per heavy atom. The number of amides is 2. The van der Waals surface area contributed by atoms with Crippen molar-refractivity contribution >= 4 is 17.5 Å². The van der Waals surface area contributed by atoms with E-state index in [9.17, 15) is 14.0 Å². The number of carbonyl (C=O) groups is 2. The molecule has 1 aliphatic carbocycles. The van der Waals surface area contributed by atoms with Gasteiger partial charge in [-0.05, 0) is 44.4 Å². The van der Waals surface area contributed by atoms with Crippen LogP contribution in [0.15, 0.2) is 36.4 Å². The van der Waals surface area contributed by atoms with Gasteiger partial charge in [-0.25, -0.2) is 4.39 Å². The van der Waals surface area contributed by atoms with E-state index in [-0.39, 0.29) is 36.0 Å². The molecule has 2 aromatic carbocycles. The summed E-state index contributed by atoms with van der Waals surface area (Å²) in [5.74, 6) is -1.34. The van der Waals surface area contributed by atoms with Gasteiger partial charge in [0.1, 0.15) is 5.82 Å². The summed E-state index contributed by atoms with van der Waals surface area (Å²) in [6.45, 7) is 6.07. The van der Waals surface area contributed by atoms with Gasteiger partial charge in [0.2, 0.25) is 11.8 Å². The lowest BCUT2D eigenvalue weighted by atomic mass is 10.0. The van der Waals surface area contributed by atoms with Crippen LogP contribution in [0.3, 0.4) is 0 Å². The van der Waals surface area contributed by atoms with Crippen LogP contribution in [0.1, 0.15) is 28.7 Å². The average Bonchev–Trinajstić information content (AvgIpc) is 3.38. The number of benzene rings is 2. The first kappa shape index (κ1) is 18.1. The Morgan fingerprint density at radius 3 is 2.31 bits per heavy atom. The third-order valence-corrected chi connectivity index (χ3v) is 4.80. The maximum Gasteiger partial charge on any atom is 0.228 e. The minimum Gasteiger partial charge on any atom is -0.352 e. The van der Waals surface area contributed by atoms with Gasteiger partial charge in [0, 0.05) is 17.8 Å². The van der Waals surface area contributed by atoms with Gasteiger partial charge in [0.15, 0.2) is 0 Å². The highest BCUT2D eigenvalue weighted by molar-refractivity contribution is 6.00. The molecule has 1 saturated carbocycles. The van der Waals surface area contributed by atoms with Crippen LogP contribution in [0.5, 0.6) is 0 Å². The number of hydrogen-bond acceptors (Lipinski definition) is 2. The molecule has 4 nitrogen and oxygen atoms in total. The second kappa shape index (κ2) is 7.28. The lowest BCUT2D eigenvalue weighted by molar-refractivity contribution is -0.125. The molecule has 0 aromatic heterocycles. The lowest BCUT2D eigenvalue weighted by Crippen LogP contribution is -2.27. The Bertz CT molecular complexity index is 840. The number of nitrogens with one attached hydrogen (secondary N) is 2. The maximum atomic E-state index is 13.6. The topological polar surface area (TPSA) is 58.2 Å². The van der Waals surface area contributed by atoms with Crippen LogP contribution >= 0.6 is 0 Å². The number of aryl methyl sites for hydroxylation is 3. The first-order chi connectivity index (χ1) is 12.4. The molecule has 1 fully saturated rings. The molecule has 5 heteroatoms. The fourth-order valence-electron chi connectivity index (χ4n) is 3.32. The minimum absolute atomic E-state index is 0.131. The zero-order valence-corrected chi connectivity index (χ0v) is 15.2. The van der Waals surface area contributed by atoms with Crippen LogP contribution in [0.2, 0.25) is 0 Å². The predicted octanol–water partition coefficient (Wildman–Crippen LogP) is 3.64. The summed E-state index contributed by atoms with van der Waals surface area (Å²) in [5.41, 5.74) is 4.43. The van der Waals surface area contributed by atoms with Crippen molar-refractivity contribution < 1.29 is 14.0 Å². The van der Waals surface area contributed by atoms with Crippen LogP contribution in [0, 0.1) is 38.4 Å².